The molecule has 2 bridgehead atoms. The summed E-state index contributed by atoms with van der Waals surface area (Å²) in [5, 5.41) is 42.2. The Hall–Kier alpha value is -2.11. The van der Waals surface area contributed by atoms with Crippen LogP contribution in [0, 0.1) is 0 Å². The van der Waals surface area contributed by atoms with Crippen molar-refractivity contribution < 1.29 is 20.4 Å². The van der Waals surface area contributed by atoms with Gasteiger partial charge in [-0.3, -0.25) is 0 Å². The Balaban J connectivity index is 0.00000144. The number of benzene rings is 2. The molecule has 5 nitrogen and oxygen atoms in total. The van der Waals surface area contributed by atoms with Crippen molar-refractivity contribution in [2.45, 2.75) is 24.9 Å². The Morgan fingerprint density at radius 2 is 1.05 bits per heavy atom. The first-order valence-electron chi connectivity index (χ1n) is 6.88. The zero-order chi connectivity index (χ0) is 14.7. The molecule has 2 unspecified atom stereocenters. The lowest BCUT2D eigenvalue weighted by Gasteiger charge is -2.39. The Bertz CT molecular complexity index is 699. The van der Waals surface area contributed by atoms with Gasteiger partial charge in [0.25, 0.3) is 0 Å². The van der Waals surface area contributed by atoms with E-state index in [0.717, 1.165) is 22.3 Å². The smallest absolute Gasteiger partial charge is 0.157 e. The second-order valence-electron chi connectivity index (χ2n) is 5.76. The molecule has 6 heteroatoms. The summed E-state index contributed by atoms with van der Waals surface area (Å²) >= 11 is 0. The highest BCUT2D eigenvalue weighted by Crippen LogP contribution is 2.45. The molecule has 0 spiro atoms. The van der Waals surface area contributed by atoms with Crippen LogP contribution in [0.5, 0.6) is 23.0 Å². The van der Waals surface area contributed by atoms with E-state index in [1.54, 1.807) is 24.3 Å². The molecule has 0 aliphatic carbocycles. The monoisotopic (exact) mass is 321 g/mol. The number of halogens is 1. The van der Waals surface area contributed by atoms with Gasteiger partial charge in [0, 0.05) is 12.1 Å². The molecule has 2 aliphatic rings. The van der Waals surface area contributed by atoms with E-state index < -0.39 is 0 Å². The van der Waals surface area contributed by atoms with E-state index in [9.17, 15) is 20.4 Å². The maximum atomic E-state index is 9.70. The zero-order valence-corrected chi connectivity index (χ0v) is 12.4. The van der Waals surface area contributed by atoms with Crippen LogP contribution in [0.1, 0.15) is 34.3 Å². The minimum absolute atomic E-state index is 0. The summed E-state index contributed by atoms with van der Waals surface area (Å²) in [6.07, 6.45) is 1.33. The fourth-order valence-corrected chi connectivity index (χ4v) is 3.47. The van der Waals surface area contributed by atoms with E-state index >= 15 is 0 Å². The molecule has 0 fully saturated rings. The largest absolute Gasteiger partial charge is 0.504 e. The number of phenols is 4. The highest BCUT2D eigenvalue weighted by molar-refractivity contribution is 5.85. The molecule has 0 radical (unpaired) electrons. The van der Waals surface area contributed by atoms with Crippen LogP contribution in [0.25, 0.3) is 0 Å². The molecule has 0 saturated carbocycles. The van der Waals surface area contributed by atoms with Gasteiger partial charge in [0.15, 0.2) is 23.0 Å². The molecule has 0 saturated heterocycles. The zero-order valence-electron chi connectivity index (χ0n) is 11.6. The first kappa shape index (κ1) is 14.8. The molecule has 2 aromatic rings. The lowest BCUT2D eigenvalue weighted by Crippen LogP contribution is -2.38. The van der Waals surface area contributed by atoms with E-state index in [1.807, 2.05) is 0 Å². The summed E-state index contributed by atoms with van der Waals surface area (Å²) in [4.78, 5) is 0. The van der Waals surface area contributed by atoms with Crippen LogP contribution in [0.3, 0.4) is 0 Å². The third-order valence-corrected chi connectivity index (χ3v) is 4.47. The maximum absolute atomic E-state index is 9.70. The van der Waals surface area contributed by atoms with Crippen molar-refractivity contribution >= 4 is 12.4 Å². The topological polar surface area (TPSA) is 93.0 Å². The van der Waals surface area contributed by atoms with Crippen molar-refractivity contribution in [3.05, 3.63) is 46.5 Å². The second-order valence-corrected chi connectivity index (χ2v) is 5.76. The number of phenolic OH excluding ortho intramolecular Hbond substituents is 4. The lowest BCUT2D eigenvalue weighted by molar-refractivity contribution is 0.361. The number of hydrogen-bond donors (Lipinski definition) is 5. The van der Waals surface area contributed by atoms with Gasteiger partial charge in [-0.2, -0.15) is 0 Å². The van der Waals surface area contributed by atoms with Crippen LogP contribution in [-0.4, -0.2) is 20.4 Å². The highest BCUT2D eigenvalue weighted by Gasteiger charge is 2.34. The van der Waals surface area contributed by atoms with Gasteiger partial charge in [-0.25, -0.2) is 0 Å². The van der Waals surface area contributed by atoms with Crippen LogP contribution in [0.2, 0.25) is 0 Å². The van der Waals surface area contributed by atoms with Crippen LogP contribution >= 0.6 is 12.4 Å². The Kier molecular flexibility index (Phi) is 3.34. The normalized spacial score (nSPS) is 21.5. The van der Waals surface area contributed by atoms with Gasteiger partial charge >= 0.3 is 0 Å². The minimum Gasteiger partial charge on any atom is -0.504 e. The molecular weight excluding hydrogens is 306 g/mol. The van der Waals surface area contributed by atoms with E-state index in [2.05, 4.69) is 5.32 Å². The van der Waals surface area contributed by atoms with Gasteiger partial charge in [0.2, 0.25) is 0 Å². The Morgan fingerprint density at radius 3 is 1.45 bits per heavy atom. The van der Waals surface area contributed by atoms with Crippen LogP contribution in [-0.2, 0) is 12.8 Å². The van der Waals surface area contributed by atoms with Gasteiger partial charge in [-0.05, 0) is 59.4 Å². The first-order chi connectivity index (χ1) is 10.0. The third-order valence-electron chi connectivity index (χ3n) is 4.47. The third kappa shape index (κ3) is 2.05. The predicted octanol–water partition coefficient (Wildman–Crippen LogP) is 2.42. The van der Waals surface area contributed by atoms with Crippen molar-refractivity contribution in [1.82, 2.24) is 5.32 Å². The molecule has 0 aromatic heterocycles. The molecule has 116 valence electrons. The SMILES string of the molecule is Cl.Oc1cc2c(cc1O)C1Cc3cc(O)c(O)cc3C(C2)N1. The van der Waals surface area contributed by atoms with Gasteiger partial charge in [0.1, 0.15) is 0 Å². The van der Waals surface area contributed by atoms with Crippen LogP contribution in [0.4, 0.5) is 0 Å². The highest BCUT2D eigenvalue weighted by atomic mass is 35.5. The summed E-state index contributed by atoms with van der Waals surface area (Å²) in [5.74, 6) is -0.452. The maximum Gasteiger partial charge on any atom is 0.157 e. The van der Waals surface area contributed by atoms with Crippen molar-refractivity contribution in [3.8, 4) is 23.0 Å². The van der Waals surface area contributed by atoms with Gasteiger partial charge in [0.05, 0.1) is 0 Å². The Labute approximate surface area is 133 Å². The predicted molar refractivity (Wildman–Crippen MR) is 82.8 cm³/mol. The van der Waals surface area contributed by atoms with E-state index in [1.165, 1.54) is 0 Å². The van der Waals surface area contributed by atoms with Crippen molar-refractivity contribution in [3.63, 3.8) is 0 Å². The molecular formula is C16H16ClNO4. The van der Waals surface area contributed by atoms with Crippen molar-refractivity contribution in [1.29, 1.82) is 0 Å². The number of hydrogen-bond acceptors (Lipinski definition) is 5. The fourth-order valence-electron chi connectivity index (χ4n) is 3.47. The van der Waals surface area contributed by atoms with Gasteiger partial charge in [-0.15, -0.1) is 12.4 Å². The first-order valence-corrected chi connectivity index (χ1v) is 6.88. The number of fused-ring (bicyclic) bond motifs is 6. The second kappa shape index (κ2) is 4.97. The van der Waals surface area contributed by atoms with E-state index in [-0.39, 0.29) is 47.5 Å². The fraction of sp³-hybridized carbons (Fsp3) is 0.250. The quantitative estimate of drug-likeness (QED) is 0.481. The molecule has 2 heterocycles. The summed E-state index contributed by atoms with van der Waals surface area (Å²) < 4.78 is 0. The molecule has 4 rings (SSSR count). The van der Waals surface area contributed by atoms with E-state index in [4.69, 9.17) is 0 Å². The molecule has 22 heavy (non-hydrogen) atoms. The average molecular weight is 322 g/mol. The lowest BCUT2D eigenvalue weighted by atomic mass is 9.78. The molecule has 2 aromatic carbocycles. The number of nitrogens with one attached hydrogen (secondary N) is 1. The molecule has 2 atom stereocenters. The molecule has 2 aliphatic heterocycles. The number of aromatic hydroxyl groups is 4. The summed E-state index contributed by atoms with van der Waals surface area (Å²) in [5.41, 5.74) is 3.94. The van der Waals surface area contributed by atoms with Crippen LogP contribution in [0.15, 0.2) is 24.3 Å². The van der Waals surface area contributed by atoms with Gasteiger partial charge in [-0.1, -0.05) is 0 Å². The minimum atomic E-state index is -0.117. The summed E-state index contributed by atoms with van der Waals surface area (Å²) in [7, 11) is 0. The van der Waals surface area contributed by atoms with E-state index in [0.29, 0.717) is 12.8 Å². The van der Waals surface area contributed by atoms with Gasteiger partial charge < -0.3 is 25.7 Å². The Morgan fingerprint density at radius 1 is 0.682 bits per heavy atom. The molecule has 5 N–H and O–H groups in total. The summed E-state index contributed by atoms with van der Waals surface area (Å²) in [6.45, 7) is 0. The van der Waals surface area contributed by atoms with Crippen molar-refractivity contribution in [2.75, 3.05) is 0 Å². The summed E-state index contributed by atoms with van der Waals surface area (Å²) in [6, 6.07) is 6.48. The van der Waals surface area contributed by atoms with Crippen molar-refractivity contribution in [2.24, 2.45) is 0 Å². The average Bonchev–Trinajstić information content (AvgIpc) is 2.44. The molecule has 0 amide bonds. The van der Waals surface area contributed by atoms with Crippen LogP contribution < -0.4 is 5.32 Å². The standard InChI is InChI=1S/C16H15NO4.ClH/c18-13-3-7-1-11-10-6-16(21)14(19)4-8(10)2-12(17-11)9(7)5-15(13)20;/h3-6,11-12,17-21H,1-2H2;1H. The number of rotatable bonds is 0.